The SMILES string of the molecule is C=C[C@@H](c1ccc2ccccc2c1)[C@@](C)(NC(=O)c1ccccc1)C(=O)OC(C)(C)C. The quantitative estimate of drug-likeness (QED) is 0.419. The van der Waals surface area contributed by atoms with E-state index >= 15 is 0 Å². The molecule has 3 aromatic rings. The van der Waals surface area contributed by atoms with Gasteiger partial charge in [0.1, 0.15) is 11.1 Å². The first-order valence-corrected chi connectivity index (χ1v) is 10.4. The predicted molar refractivity (Wildman–Crippen MR) is 125 cm³/mol. The number of carbonyl (C=O) groups is 2. The molecule has 0 aliphatic heterocycles. The zero-order valence-corrected chi connectivity index (χ0v) is 18.5. The lowest BCUT2D eigenvalue weighted by Gasteiger charge is -2.37. The van der Waals surface area contributed by atoms with Gasteiger partial charge in [-0.3, -0.25) is 4.79 Å². The van der Waals surface area contributed by atoms with Crippen molar-refractivity contribution in [2.75, 3.05) is 0 Å². The Morgan fingerprint density at radius 3 is 2.13 bits per heavy atom. The van der Waals surface area contributed by atoms with E-state index in [1.54, 1.807) is 37.3 Å². The van der Waals surface area contributed by atoms with Crippen LogP contribution in [0.3, 0.4) is 0 Å². The molecule has 160 valence electrons. The molecule has 1 amide bonds. The minimum absolute atomic E-state index is 0.346. The number of hydrogen-bond donors (Lipinski definition) is 1. The van der Waals surface area contributed by atoms with Crippen LogP contribution >= 0.6 is 0 Å². The zero-order valence-electron chi connectivity index (χ0n) is 18.5. The van der Waals surface area contributed by atoms with Crippen LogP contribution in [0, 0.1) is 0 Å². The molecule has 0 saturated heterocycles. The number of fused-ring (bicyclic) bond motifs is 1. The second-order valence-electron chi connectivity index (χ2n) is 8.84. The number of amides is 1. The highest BCUT2D eigenvalue weighted by Gasteiger charge is 2.45. The van der Waals surface area contributed by atoms with Crippen LogP contribution in [0.2, 0.25) is 0 Å². The minimum atomic E-state index is -1.36. The summed E-state index contributed by atoms with van der Waals surface area (Å²) < 4.78 is 5.73. The molecule has 0 heterocycles. The van der Waals surface area contributed by atoms with Gasteiger partial charge in [-0.05, 0) is 56.2 Å². The second kappa shape index (κ2) is 8.76. The standard InChI is InChI=1S/C27H29NO3/c1-6-23(22-17-16-19-12-10-11-15-21(19)18-22)27(5,25(30)31-26(2,3)4)28-24(29)20-13-8-7-9-14-20/h6-18,23H,1H2,2-5H3,(H,28,29)/t23-,27+/m0/s1. The summed E-state index contributed by atoms with van der Waals surface area (Å²) in [6.45, 7) is 11.1. The van der Waals surface area contributed by atoms with E-state index in [0.717, 1.165) is 16.3 Å². The molecule has 0 radical (unpaired) electrons. The van der Waals surface area contributed by atoms with Crippen molar-refractivity contribution in [2.45, 2.75) is 44.8 Å². The normalized spacial score (nSPS) is 14.3. The molecule has 0 unspecified atom stereocenters. The Labute approximate surface area is 183 Å². The average Bonchev–Trinajstić information content (AvgIpc) is 2.73. The van der Waals surface area contributed by atoms with Crippen LogP contribution < -0.4 is 5.32 Å². The number of rotatable bonds is 6. The highest BCUT2D eigenvalue weighted by atomic mass is 16.6. The summed E-state index contributed by atoms with van der Waals surface area (Å²) in [4.78, 5) is 26.4. The van der Waals surface area contributed by atoms with Crippen molar-refractivity contribution in [1.82, 2.24) is 5.32 Å². The van der Waals surface area contributed by atoms with Crippen molar-refractivity contribution in [3.63, 3.8) is 0 Å². The van der Waals surface area contributed by atoms with Gasteiger partial charge in [0.05, 0.1) is 0 Å². The monoisotopic (exact) mass is 415 g/mol. The average molecular weight is 416 g/mol. The van der Waals surface area contributed by atoms with Crippen molar-refractivity contribution in [2.24, 2.45) is 0 Å². The maximum atomic E-state index is 13.4. The van der Waals surface area contributed by atoms with Crippen LogP contribution in [0.5, 0.6) is 0 Å². The van der Waals surface area contributed by atoms with E-state index in [9.17, 15) is 9.59 Å². The highest BCUT2D eigenvalue weighted by molar-refractivity contribution is 5.98. The van der Waals surface area contributed by atoms with Crippen molar-refractivity contribution in [3.8, 4) is 0 Å². The van der Waals surface area contributed by atoms with Crippen LogP contribution in [0.4, 0.5) is 0 Å². The highest BCUT2D eigenvalue weighted by Crippen LogP contribution is 2.34. The van der Waals surface area contributed by atoms with Gasteiger partial charge in [-0.25, -0.2) is 4.79 Å². The number of nitrogens with one attached hydrogen (secondary N) is 1. The number of esters is 1. The Kier molecular flexibility index (Phi) is 6.30. The third-order valence-electron chi connectivity index (χ3n) is 5.22. The first kappa shape index (κ1) is 22.3. The summed E-state index contributed by atoms with van der Waals surface area (Å²) in [5, 5.41) is 5.09. The number of benzene rings is 3. The van der Waals surface area contributed by atoms with Gasteiger partial charge >= 0.3 is 5.97 Å². The van der Waals surface area contributed by atoms with E-state index in [1.807, 2.05) is 69.3 Å². The van der Waals surface area contributed by atoms with Gasteiger partial charge in [-0.2, -0.15) is 0 Å². The summed E-state index contributed by atoms with van der Waals surface area (Å²) >= 11 is 0. The fraction of sp³-hybridized carbons (Fsp3) is 0.259. The Morgan fingerprint density at radius 1 is 0.903 bits per heavy atom. The second-order valence-corrected chi connectivity index (χ2v) is 8.84. The molecule has 0 bridgehead atoms. The molecule has 0 spiro atoms. The summed E-state index contributed by atoms with van der Waals surface area (Å²) in [6.07, 6.45) is 1.69. The van der Waals surface area contributed by atoms with E-state index in [4.69, 9.17) is 4.74 Å². The molecule has 31 heavy (non-hydrogen) atoms. The molecular formula is C27H29NO3. The molecule has 4 nitrogen and oxygen atoms in total. The lowest BCUT2D eigenvalue weighted by Crippen LogP contribution is -2.57. The fourth-order valence-corrected chi connectivity index (χ4v) is 3.64. The lowest BCUT2D eigenvalue weighted by molar-refractivity contribution is -0.162. The van der Waals surface area contributed by atoms with Crippen molar-refractivity contribution in [1.29, 1.82) is 0 Å². The number of ether oxygens (including phenoxy) is 1. The van der Waals surface area contributed by atoms with E-state index in [0.29, 0.717) is 5.56 Å². The Bertz CT molecular complexity index is 1100. The summed E-state index contributed by atoms with van der Waals surface area (Å²) in [5.41, 5.74) is -0.718. The summed E-state index contributed by atoms with van der Waals surface area (Å²) in [5.74, 6) is -1.36. The summed E-state index contributed by atoms with van der Waals surface area (Å²) in [6, 6.07) is 22.8. The Hall–Kier alpha value is -3.40. The van der Waals surface area contributed by atoms with E-state index in [2.05, 4.69) is 11.9 Å². The molecule has 0 saturated carbocycles. The van der Waals surface area contributed by atoms with E-state index in [1.165, 1.54) is 0 Å². The van der Waals surface area contributed by atoms with Gasteiger partial charge in [0.2, 0.25) is 0 Å². The van der Waals surface area contributed by atoms with Crippen LogP contribution in [-0.4, -0.2) is 23.0 Å². The Balaban J connectivity index is 2.06. The van der Waals surface area contributed by atoms with Crippen LogP contribution in [-0.2, 0) is 9.53 Å². The van der Waals surface area contributed by atoms with Crippen molar-refractivity contribution in [3.05, 3.63) is 96.6 Å². The van der Waals surface area contributed by atoms with E-state index < -0.39 is 23.0 Å². The topological polar surface area (TPSA) is 55.4 Å². The third-order valence-corrected chi connectivity index (χ3v) is 5.22. The minimum Gasteiger partial charge on any atom is -0.458 e. The van der Waals surface area contributed by atoms with Gasteiger partial charge in [-0.15, -0.1) is 6.58 Å². The van der Waals surface area contributed by atoms with Gasteiger partial charge in [0.15, 0.2) is 0 Å². The molecule has 3 rings (SSSR count). The van der Waals surface area contributed by atoms with Crippen molar-refractivity contribution >= 4 is 22.6 Å². The van der Waals surface area contributed by atoms with Gasteiger partial charge in [0, 0.05) is 11.5 Å². The summed E-state index contributed by atoms with van der Waals surface area (Å²) in [7, 11) is 0. The maximum Gasteiger partial charge on any atom is 0.333 e. The largest absolute Gasteiger partial charge is 0.458 e. The van der Waals surface area contributed by atoms with Crippen LogP contribution in [0.1, 0.15) is 49.5 Å². The number of carbonyl (C=O) groups excluding carboxylic acids is 2. The lowest BCUT2D eigenvalue weighted by atomic mass is 9.79. The third kappa shape index (κ3) is 5.02. The van der Waals surface area contributed by atoms with Gasteiger partial charge in [-0.1, -0.05) is 66.7 Å². The van der Waals surface area contributed by atoms with Crippen LogP contribution in [0.25, 0.3) is 10.8 Å². The van der Waals surface area contributed by atoms with Gasteiger partial charge < -0.3 is 10.1 Å². The molecule has 3 aromatic carbocycles. The number of hydrogen-bond acceptors (Lipinski definition) is 3. The van der Waals surface area contributed by atoms with Gasteiger partial charge in [0.25, 0.3) is 5.91 Å². The fourth-order valence-electron chi connectivity index (χ4n) is 3.64. The van der Waals surface area contributed by atoms with Crippen LogP contribution in [0.15, 0.2) is 85.5 Å². The molecule has 0 fully saturated rings. The molecule has 0 aliphatic carbocycles. The molecular weight excluding hydrogens is 386 g/mol. The molecule has 1 N–H and O–H groups in total. The molecule has 2 atom stereocenters. The molecule has 0 aliphatic rings. The predicted octanol–water partition coefficient (Wildman–Crippen LogP) is 5.64. The zero-order chi connectivity index (χ0) is 22.6. The first-order chi connectivity index (χ1) is 14.6. The van der Waals surface area contributed by atoms with E-state index in [-0.39, 0.29) is 5.91 Å². The smallest absolute Gasteiger partial charge is 0.333 e. The molecule has 0 aromatic heterocycles. The molecule has 4 heteroatoms. The Morgan fingerprint density at radius 2 is 1.52 bits per heavy atom. The van der Waals surface area contributed by atoms with Crippen molar-refractivity contribution < 1.29 is 14.3 Å². The first-order valence-electron chi connectivity index (χ1n) is 10.4. The maximum absolute atomic E-state index is 13.4.